The normalized spacial score (nSPS) is 25.6. The fraction of sp³-hybridized carbons (Fsp3) is 0.929. The molecule has 2 fully saturated rings. The zero-order chi connectivity index (χ0) is 15.3. The highest BCUT2D eigenvalue weighted by molar-refractivity contribution is 14.0. The Labute approximate surface area is 146 Å². The number of likely N-dealkylation sites (tertiary alicyclic amines) is 1. The zero-order valence-corrected chi connectivity index (χ0v) is 15.2. The lowest BCUT2D eigenvalue weighted by Gasteiger charge is -2.25. The molecule has 0 amide bonds. The number of hydrogen-bond acceptors (Lipinski definition) is 2. The maximum Gasteiger partial charge on any atom is 0.389 e. The smallest absolute Gasteiger partial charge is 0.381 e. The summed E-state index contributed by atoms with van der Waals surface area (Å²) in [5.41, 5.74) is 0.258. The molecule has 0 aromatic heterocycles. The summed E-state index contributed by atoms with van der Waals surface area (Å²) in [6, 6.07) is 0. The number of alkyl halides is 3. The number of guanidine groups is 1. The zero-order valence-electron chi connectivity index (χ0n) is 12.9. The predicted octanol–water partition coefficient (Wildman–Crippen LogP) is 3.02. The molecule has 2 saturated heterocycles. The molecular formula is C14H25F3IN3O. The van der Waals surface area contributed by atoms with E-state index in [1.165, 1.54) is 0 Å². The lowest BCUT2D eigenvalue weighted by molar-refractivity contribution is -0.135. The summed E-state index contributed by atoms with van der Waals surface area (Å²) in [5, 5.41) is 3.17. The molecule has 0 aromatic carbocycles. The van der Waals surface area contributed by atoms with Crippen molar-refractivity contribution in [3.63, 3.8) is 0 Å². The minimum Gasteiger partial charge on any atom is -0.381 e. The molecule has 0 aromatic rings. The van der Waals surface area contributed by atoms with Crippen molar-refractivity contribution in [3.8, 4) is 0 Å². The van der Waals surface area contributed by atoms with Crippen LogP contribution in [0.15, 0.2) is 4.99 Å². The Bertz CT molecular complexity index is 371. The molecule has 1 unspecified atom stereocenters. The Kier molecular flexibility index (Phi) is 7.70. The van der Waals surface area contributed by atoms with Crippen LogP contribution >= 0.6 is 24.0 Å². The van der Waals surface area contributed by atoms with Gasteiger partial charge in [-0.1, -0.05) is 0 Å². The van der Waals surface area contributed by atoms with Crippen LogP contribution in [0.25, 0.3) is 0 Å². The van der Waals surface area contributed by atoms with E-state index in [-0.39, 0.29) is 35.8 Å². The Morgan fingerprint density at radius 2 is 2.09 bits per heavy atom. The van der Waals surface area contributed by atoms with E-state index < -0.39 is 12.6 Å². The van der Waals surface area contributed by atoms with Crippen molar-refractivity contribution in [1.82, 2.24) is 10.2 Å². The van der Waals surface area contributed by atoms with Crippen LogP contribution in [0.1, 0.15) is 32.1 Å². The molecule has 0 aliphatic carbocycles. The van der Waals surface area contributed by atoms with Crippen LogP contribution < -0.4 is 5.32 Å². The lowest BCUT2D eigenvalue weighted by atomic mass is 9.87. The number of nitrogens with one attached hydrogen (secondary N) is 1. The monoisotopic (exact) mass is 435 g/mol. The molecule has 130 valence electrons. The third-order valence-corrected chi connectivity index (χ3v) is 4.30. The van der Waals surface area contributed by atoms with Crippen molar-refractivity contribution in [2.45, 2.75) is 38.3 Å². The first-order chi connectivity index (χ1) is 9.94. The Hall–Kier alpha value is -0.250. The molecule has 8 heteroatoms. The van der Waals surface area contributed by atoms with Gasteiger partial charge in [-0.2, -0.15) is 13.2 Å². The van der Waals surface area contributed by atoms with Crippen molar-refractivity contribution in [1.29, 1.82) is 0 Å². The topological polar surface area (TPSA) is 36.9 Å². The second-order valence-corrected chi connectivity index (χ2v) is 6.02. The molecule has 1 atom stereocenters. The van der Waals surface area contributed by atoms with Crippen molar-refractivity contribution < 1.29 is 17.9 Å². The summed E-state index contributed by atoms with van der Waals surface area (Å²) in [6.07, 6.45) is -1.91. The third kappa shape index (κ3) is 5.75. The first kappa shape index (κ1) is 19.8. The molecular weight excluding hydrogens is 410 g/mol. The second kappa shape index (κ2) is 8.56. The molecule has 0 bridgehead atoms. The van der Waals surface area contributed by atoms with Crippen LogP contribution in [0.4, 0.5) is 13.2 Å². The SMILES string of the molecule is CN=C(NCCCCC(F)(F)F)N1CCC2(CCOC2)C1.I. The van der Waals surface area contributed by atoms with Crippen LogP contribution in [-0.4, -0.2) is 56.9 Å². The highest BCUT2D eigenvalue weighted by Crippen LogP contribution is 2.38. The summed E-state index contributed by atoms with van der Waals surface area (Å²) >= 11 is 0. The van der Waals surface area contributed by atoms with Crippen LogP contribution in [0.2, 0.25) is 0 Å². The summed E-state index contributed by atoms with van der Waals surface area (Å²) in [7, 11) is 1.72. The Morgan fingerprint density at radius 3 is 2.68 bits per heavy atom. The summed E-state index contributed by atoms with van der Waals surface area (Å²) in [5.74, 6) is 0.797. The number of unbranched alkanes of at least 4 members (excludes halogenated alkanes) is 1. The highest BCUT2D eigenvalue weighted by Gasteiger charge is 2.42. The second-order valence-electron chi connectivity index (χ2n) is 6.02. The van der Waals surface area contributed by atoms with Crippen LogP contribution in [0, 0.1) is 5.41 Å². The van der Waals surface area contributed by atoms with Crippen LogP contribution in [0.5, 0.6) is 0 Å². The molecule has 2 heterocycles. The van der Waals surface area contributed by atoms with E-state index in [2.05, 4.69) is 15.2 Å². The first-order valence-electron chi connectivity index (χ1n) is 7.54. The van der Waals surface area contributed by atoms with E-state index in [0.29, 0.717) is 13.0 Å². The first-order valence-corrected chi connectivity index (χ1v) is 7.54. The number of halogens is 4. The van der Waals surface area contributed by atoms with Gasteiger partial charge >= 0.3 is 6.18 Å². The molecule has 2 aliphatic heterocycles. The quantitative estimate of drug-likeness (QED) is 0.319. The highest BCUT2D eigenvalue weighted by atomic mass is 127. The van der Waals surface area contributed by atoms with Gasteiger partial charge in [0, 0.05) is 45.1 Å². The summed E-state index contributed by atoms with van der Waals surface area (Å²) in [6.45, 7) is 4.03. The van der Waals surface area contributed by atoms with Gasteiger partial charge in [-0.25, -0.2) is 0 Å². The van der Waals surface area contributed by atoms with Crippen molar-refractivity contribution in [2.75, 3.05) is 39.9 Å². The van der Waals surface area contributed by atoms with E-state index >= 15 is 0 Å². The molecule has 1 spiro atoms. The molecule has 2 aliphatic rings. The number of hydrogen-bond donors (Lipinski definition) is 1. The number of aliphatic imine (C=N–C) groups is 1. The van der Waals surface area contributed by atoms with Crippen molar-refractivity contribution in [2.24, 2.45) is 10.4 Å². The molecule has 4 nitrogen and oxygen atoms in total. The number of nitrogens with zero attached hydrogens (tertiary/aromatic N) is 2. The third-order valence-electron chi connectivity index (χ3n) is 4.30. The van der Waals surface area contributed by atoms with E-state index in [4.69, 9.17) is 4.74 Å². The molecule has 1 N–H and O–H groups in total. The van der Waals surface area contributed by atoms with Gasteiger partial charge in [-0.3, -0.25) is 4.99 Å². The average molecular weight is 435 g/mol. The van der Waals surface area contributed by atoms with Gasteiger partial charge in [0.25, 0.3) is 0 Å². The van der Waals surface area contributed by atoms with Gasteiger partial charge in [0.1, 0.15) is 0 Å². The average Bonchev–Trinajstić information content (AvgIpc) is 3.04. The fourth-order valence-electron chi connectivity index (χ4n) is 3.07. The van der Waals surface area contributed by atoms with Gasteiger partial charge in [0.15, 0.2) is 5.96 Å². The molecule has 0 radical (unpaired) electrons. The minimum atomic E-state index is -4.05. The van der Waals surface area contributed by atoms with Crippen LogP contribution in [0.3, 0.4) is 0 Å². The molecule has 22 heavy (non-hydrogen) atoms. The summed E-state index contributed by atoms with van der Waals surface area (Å²) in [4.78, 5) is 6.43. The van der Waals surface area contributed by atoms with E-state index in [1.54, 1.807) is 7.05 Å². The van der Waals surface area contributed by atoms with E-state index in [1.807, 2.05) is 0 Å². The standard InChI is InChI=1S/C14H24F3N3O.HI/c1-18-12(19-7-3-2-4-14(15,16)17)20-8-5-13(10-20)6-9-21-11-13;/h2-11H2,1H3,(H,18,19);1H. The maximum atomic E-state index is 12.1. The number of ether oxygens (including phenoxy) is 1. The Balaban J connectivity index is 0.00000242. The largest absolute Gasteiger partial charge is 0.389 e. The van der Waals surface area contributed by atoms with Gasteiger partial charge in [-0.05, 0) is 25.7 Å². The Morgan fingerprint density at radius 1 is 1.32 bits per heavy atom. The lowest BCUT2D eigenvalue weighted by Crippen LogP contribution is -2.41. The van der Waals surface area contributed by atoms with E-state index in [9.17, 15) is 13.2 Å². The van der Waals surface area contributed by atoms with Gasteiger partial charge in [0.2, 0.25) is 0 Å². The van der Waals surface area contributed by atoms with Gasteiger partial charge < -0.3 is 15.0 Å². The van der Waals surface area contributed by atoms with E-state index in [0.717, 1.165) is 45.1 Å². The summed E-state index contributed by atoms with van der Waals surface area (Å²) < 4.78 is 41.7. The molecule has 0 saturated carbocycles. The van der Waals surface area contributed by atoms with Crippen molar-refractivity contribution in [3.05, 3.63) is 0 Å². The van der Waals surface area contributed by atoms with Gasteiger partial charge in [0.05, 0.1) is 6.61 Å². The number of rotatable bonds is 4. The van der Waals surface area contributed by atoms with Crippen molar-refractivity contribution >= 4 is 29.9 Å². The minimum absolute atomic E-state index is 0. The maximum absolute atomic E-state index is 12.1. The molecule has 2 rings (SSSR count). The van der Waals surface area contributed by atoms with Gasteiger partial charge in [-0.15, -0.1) is 24.0 Å². The fourth-order valence-corrected chi connectivity index (χ4v) is 3.07. The predicted molar refractivity (Wildman–Crippen MR) is 90.7 cm³/mol. The van der Waals surface area contributed by atoms with Crippen LogP contribution in [-0.2, 0) is 4.74 Å².